The number of nitrogens with two attached hydrogens (primary N) is 2. The molecular formula is C10H10BrN5O. The van der Waals surface area contributed by atoms with Crippen LogP contribution in [0.15, 0.2) is 29.1 Å². The Labute approximate surface area is 106 Å². The lowest BCUT2D eigenvalue weighted by Crippen LogP contribution is -2.14. The van der Waals surface area contributed by atoms with Crippen LogP contribution < -0.4 is 11.5 Å². The minimum Gasteiger partial charge on any atom is -0.396 e. The summed E-state index contributed by atoms with van der Waals surface area (Å²) >= 11 is 3.33. The Hall–Kier alpha value is -1.89. The van der Waals surface area contributed by atoms with Crippen molar-refractivity contribution >= 4 is 27.5 Å². The van der Waals surface area contributed by atoms with Gasteiger partial charge in [-0.2, -0.15) is 5.10 Å². The molecule has 0 saturated carbocycles. The number of nitrogens with zero attached hydrogens (tertiary/aromatic N) is 3. The third-order valence-corrected chi connectivity index (χ3v) is 2.56. The summed E-state index contributed by atoms with van der Waals surface area (Å²) < 4.78 is 2.43. The minimum atomic E-state index is -0.631. The number of anilines is 1. The van der Waals surface area contributed by atoms with Crippen LogP contribution in [-0.2, 0) is 6.54 Å². The second kappa shape index (κ2) is 4.54. The van der Waals surface area contributed by atoms with Gasteiger partial charge in [0.25, 0.3) is 5.91 Å². The molecule has 88 valence electrons. The fraction of sp³-hybridized carbons (Fsp3) is 0.100. The number of halogens is 1. The first kappa shape index (κ1) is 11.6. The number of rotatable bonds is 3. The second-order valence-electron chi connectivity index (χ2n) is 3.51. The molecule has 2 aromatic heterocycles. The normalized spacial score (nSPS) is 10.4. The van der Waals surface area contributed by atoms with E-state index in [4.69, 9.17) is 11.5 Å². The summed E-state index contributed by atoms with van der Waals surface area (Å²) in [7, 11) is 0. The van der Waals surface area contributed by atoms with Crippen molar-refractivity contribution in [1.29, 1.82) is 0 Å². The van der Waals surface area contributed by atoms with E-state index in [1.165, 1.54) is 0 Å². The van der Waals surface area contributed by atoms with E-state index >= 15 is 0 Å². The van der Waals surface area contributed by atoms with Crippen molar-refractivity contribution in [3.05, 3.63) is 40.4 Å². The van der Waals surface area contributed by atoms with E-state index in [9.17, 15) is 4.79 Å². The van der Waals surface area contributed by atoms with E-state index < -0.39 is 5.91 Å². The minimum absolute atomic E-state index is 0.0907. The van der Waals surface area contributed by atoms with Gasteiger partial charge < -0.3 is 11.5 Å². The molecule has 0 unspecified atom stereocenters. The smallest absolute Gasteiger partial charge is 0.271 e. The molecule has 6 nitrogen and oxygen atoms in total. The van der Waals surface area contributed by atoms with Gasteiger partial charge in [0.05, 0.1) is 12.2 Å². The number of nitrogen functional groups attached to an aromatic ring is 1. The van der Waals surface area contributed by atoms with Gasteiger partial charge in [0.15, 0.2) is 5.69 Å². The Bertz CT molecular complexity index is 566. The zero-order valence-corrected chi connectivity index (χ0v) is 10.4. The molecule has 0 radical (unpaired) electrons. The Kier molecular flexibility index (Phi) is 3.10. The summed E-state index contributed by atoms with van der Waals surface area (Å²) in [5, 5.41) is 4.01. The van der Waals surface area contributed by atoms with E-state index in [2.05, 4.69) is 26.0 Å². The zero-order valence-electron chi connectivity index (χ0n) is 8.80. The summed E-state index contributed by atoms with van der Waals surface area (Å²) in [6.45, 7) is 0.476. The molecule has 0 aliphatic carbocycles. The maximum absolute atomic E-state index is 11.0. The Morgan fingerprint density at radius 3 is 2.82 bits per heavy atom. The zero-order chi connectivity index (χ0) is 12.4. The average Bonchev–Trinajstić information content (AvgIpc) is 2.59. The predicted octanol–water partition coefficient (Wildman–Crippen LogP) is 0.770. The van der Waals surface area contributed by atoms with Crippen molar-refractivity contribution in [3.8, 4) is 0 Å². The van der Waals surface area contributed by atoms with Crippen molar-refractivity contribution in [3.63, 3.8) is 0 Å². The fourth-order valence-corrected chi connectivity index (χ4v) is 1.85. The third-order valence-electron chi connectivity index (χ3n) is 2.13. The summed E-state index contributed by atoms with van der Waals surface area (Å²) in [5.74, 6) is -0.631. The predicted molar refractivity (Wildman–Crippen MR) is 66.2 cm³/mol. The lowest BCUT2D eigenvalue weighted by atomic mass is 10.3. The summed E-state index contributed by atoms with van der Waals surface area (Å²) in [4.78, 5) is 15.0. The number of hydrogen-bond donors (Lipinski definition) is 2. The van der Waals surface area contributed by atoms with Gasteiger partial charge in [-0.1, -0.05) is 0 Å². The fourth-order valence-electron chi connectivity index (χ4n) is 1.44. The highest BCUT2D eigenvalue weighted by Crippen LogP contribution is 2.13. The number of amides is 1. The van der Waals surface area contributed by atoms with Crippen LogP contribution in [-0.4, -0.2) is 20.7 Å². The monoisotopic (exact) mass is 295 g/mol. The number of pyridine rings is 1. The Morgan fingerprint density at radius 2 is 2.24 bits per heavy atom. The average molecular weight is 296 g/mol. The van der Waals surface area contributed by atoms with Crippen LogP contribution in [0.1, 0.15) is 16.1 Å². The maximum Gasteiger partial charge on any atom is 0.271 e. The highest BCUT2D eigenvalue weighted by Gasteiger charge is 2.11. The van der Waals surface area contributed by atoms with Gasteiger partial charge in [0, 0.05) is 23.1 Å². The number of primary amides is 1. The van der Waals surface area contributed by atoms with E-state index in [0.29, 0.717) is 6.54 Å². The lowest BCUT2D eigenvalue weighted by molar-refractivity contribution is 0.0995. The molecule has 0 aliphatic heterocycles. The van der Waals surface area contributed by atoms with Crippen LogP contribution in [0.4, 0.5) is 5.69 Å². The summed E-state index contributed by atoms with van der Waals surface area (Å²) in [5.41, 5.74) is 12.1. The van der Waals surface area contributed by atoms with Crippen LogP contribution in [0, 0.1) is 0 Å². The van der Waals surface area contributed by atoms with Crippen molar-refractivity contribution in [1.82, 2.24) is 14.8 Å². The van der Waals surface area contributed by atoms with Gasteiger partial charge in [0.1, 0.15) is 0 Å². The molecule has 2 rings (SSSR count). The van der Waals surface area contributed by atoms with Gasteiger partial charge in [-0.15, -0.1) is 0 Å². The Balaban J connectivity index is 2.25. The van der Waals surface area contributed by atoms with Crippen LogP contribution in [0.25, 0.3) is 0 Å². The molecule has 4 N–H and O–H groups in total. The van der Waals surface area contributed by atoms with Gasteiger partial charge in [0.2, 0.25) is 0 Å². The molecule has 0 saturated heterocycles. The molecule has 17 heavy (non-hydrogen) atoms. The first-order valence-corrected chi connectivity index (χ1v) is 5.57. The van der Waals surface area contributed by atoms with Crippen LogP contribution in [0.2, 0.25) is 0 Å². The Morgan fingerprint density at radius 1 is 1.47 bits per heavy atom. The van der Waals surface area contributed by atoms with Crippen LogP contribution >= 0.6 is 15.9 Å². The van der Waals surface area contributed by atoms with Crippen molar-refractivity contribution in [2.75, 3.05) is 5.73 Å². The number of carbonyl (C=O) groups excluding carboxylic acids is 1. The van der Waals surface area contributed by atoms with Crippen LogP contribution in [0.5, 0.6) is 0 Å². The van der Waals surface area contributed by atoms with Gasteiger partial charge in [-0.05, 0) is 27.6 Å². The van der Waals surface area contributed by atoms with E-state index in [0.717, 1.165) is 10.0 Å². The maximum atomic E-state index is 11.0. The molecule has 0 atom stereocenters. The molecule has 0 fully saturated rings. The van der Waals surface area contributed by atoms with Gasteiger partial charge in [-0.3, -0.25) is 14.5 Å². The highest BCUT2D eigenvalue weighted by atomic mass is 79.9. The SMILES string of the molecule is NC(=O)c1nn(Cc2cncc(Br)c2)cc1N. The molecule has 2 heterocycles. The van der Waals surface area contributed by atoms with Crippen molar-refractivity contribution in [2.24, 2.45) is 5.73 Å². The van der Waals surface area contributed by atoms with Crippen molar-refractivity contribution in [2.45, 2.75) is 6.54 Å². The topological polar surface area (TPSA) is 99.8 Å². The van der Waals surface area contributed by atoms with E-state index in [1.807, 2.05) is 6.07 Å². The first-order valence-electron chi connectivity index (χ1n) is 4.78. The second-order valence-corrected chi connectivity index (χ2v) is 4.42. The molecule has 0 spiro atoms. The number of aromatic nitrogens is 3. The molecule has 1 amide bonds. The molecular weight excluding hydrogens is 286 g/mol. The van der Waals surface area contributed by atoms with Gasteiger partial charge >= 0.3 is 0 Å². The first-order chi connectivity index (χ1) is 8.06. The molecule has 7 heteroatoms. The largest absolute Gasteiger partial charge is 0.396 e. The van der Waals surface area contributed by atoms with Crippen molar-refractivity contribution < 1.29 is 4.79 Å². The van der Waals surface area contributed by atoms with Crippen LogP contribution in [0.3, 0.4) is 0 Å². The third kappa shape index (κ3) is 2.62. The summed E-state index contributed by atoms with van der Waals surface area (Å²) in [6.07, 6.45) is 4.98. The van der Waals surface area contributed by atoms with E-state index in [-0.39, 0.29) is 11.4 Å². The van der Waals surface area contributed by atoms with E-state index in [1.54, 1.807) is 23.3 Å². The highest BCUT2D eigenvalue weighted by molar-refractivity contribution is 9.10. The standard InChI is InChI=1S/C10H10BrN5O/c11-7-1-6(2-14-3-7)4-16-5-8(12)9(15-16)10(13)17/h1-3,5H,4,12H2,(H2,13,17). The lowest BCUT2D eigenvalue weighted by Gasteiger charge is -2.01. The molecule has 2 aromatic rings. The van der Waals surface area contributed by atoms with Gasteiger partial charge in [-0.25, -0.2) is 0 Å². The number of hydrogen-bond acceptors (Lipinski definition) is 4. The summed E-state index contributed by atoms with van der Waals surface area (Å²) in [6, 6.07) is 1.91. The number of carbonyl (C=O) groups is 1. The quantitative estimate of drug-likeness (QED) is 0.873. The molecule has 0 aliphatic rings. The molecule has 0 bridgehead atoms. The molecule has 0 aromatic carbocycles.